The van der Waals surface area contributed by atoms with Gasteiger partial charge >= 0.3 is 0 Å². The van der Waals surface area contributed by atoms with Crippen LogP contribution < -0.4 is 10.0 Å². The van der Waals surface area contributed by atoms with Crippen molar-refractivity contribution in [3.05, 3.63) is 65.7 Å². The van der Waals surface area contributed by atoms with Crippen molar-refractivity contribution in [3.8, 4) is 0 Å². The van der Waals surface area contributed by atoms with Gasteiger partial charge in [-0.15, -0.1) is 0 Å². The second-order valence-corrected chi connectivity index (χ2v) is 6.37. The molecule has 2 rings (SSSR count). The molecule has 0 aromatic heterocycles. The quantitative estimate of drug-likeness (QED) is 0.887. The largest absolute Gasteiger partial charge is 0.348 e. The van der Waals surface area contributed by atoms with E-state index >= 15 is 0 Å². The predicted molar refractivity (Wildman–Crippen MR) is 82.5 cm³/mol. The van der Waals surface area contributed by atoms with E-state index in [1.807, 2.05) is 6.07 Å². The lowest BCUT2D eigenvalue weighted by Gasteiger charge is -2.07. The Kier molecular flexibility index (Phi) is 4.59. The summed E-state index contributed by atoms with van der Waals surface area (Å²) in [6, 6.07) is 15.8. The van der Waals surface area contributed by atoms with E-state index in [2.05, 4.69) is 10.0 Å². The lowest BCUT2D eigenvalue weighted by Crippen LogP contribution is -2.22. The number of sulfonamides is 1. The summed E-state index contributed by atoms with van der Waals surface area (Å²) in [5, 5.41) is 2.81. The summed E-state index contributed by atoms with van der Waals surface area (Å²) in [6.07, 6.45) is 1.10. The van der Waals surface area contributed by atoms with Crippen molar-refractivity contribution in [2.45, 2.75) is 6.54 Å². The number of amides is 1. The van der Waals surface area contributed by atoms with Gasteiger partial charge in [0.2, 0.25) is 10.0 Å². The van der Waals surface area contributed by atoms with Crippen LogP contribution in [0.1, 0.15) is 15.9 Å². The van der Waals surface area contributed by atoms with Crippen LogP contribution in [0.2, 0.25) is 0 Å². The average Bonchev–Trinajstić information content (AvgIpc) is 2.45. The lowest BCUT2D eigenvalue weighted by molar-refractivity contribution is 0.0951. The van der Waals surface area contributed by atoms with Crippen molar-refractivity contribution in [3.63, 3.8) is 0 Å². The Bertz CT molecular complexity index is 710. The van der Waals surface area contributed by atoms with Gasteiger partial charge in [-0.1, -0.05) is 30.3 Å². The summed E-state index contributed by atoms with van der Waals surface area (Å²) in [6.45, 7) is 0.382. The Morgan fingerprint density at radius 2 is 1.62 bits per heavy atom. The fourth-order valence-electron chi connectivity index (χ4n) is 1.78. The zero-order chi connectivity index (χ0) is 15.3. The summed E-state index contributed by atoms with van der Waals surface area (Å²) in [5.74, 6) is -0.145. The summed E-state index contributed by atoms with van der Waals surface area (Å²) in [4.78, 5) is 11.9. The van der Waals surface area contributed by atoms with Crippen molar-refractivity contribution in [1.29, 1.82) is 0 Å². The number of carbonyl (C=O) groups is 1. The summed E-state index contributed by atoms with van der Waals surface area (Å²) in [5.41, 5.74) is 1.99. The van der Waals surface area contributed by atoms with Gasteiger partial charge < -0.3 is 5.32 Å². The first kappa shape index (κ1) is 15.1. The number of benzene rings is 2. The van der Waals surface area contributed by atoms with Gasteiger partial charge in [0.25, 0.3) is 5.91 Å². The van der Waals surface area contributed by atoms with Gasteiger partial charge in [-0.25, -0.2) is 8.42 Å². The van der Waals surface area contributed by atoms with E-state index < -0.39 is 10.0 Å². The molecule has 0 radical (unpaired) electrons. The number of hydrogen-bond acceptors (Lipinski definition) is 3. The van der Waals surface area contributed by atoms with Crippen LogP contribution in [-0.4, -0.2) is 20.6 Å². The predicted octanol–water partition coefficient (Wildman–Crippen LogP) is 1.99. The monoisotopic (exact) mass is 304 g/mol. The highest BCUT2D eigenvalue weighted by Crippen LogP contribution is 2.11. The van der Waals surface area contributed by atoms with Crippen LogP contribution in [0, 0.1) is 0 Å². The molecule has 5 nitrogen and oxygen atoms in total. The second-order valence-electron chi connectivity index (χ2n) is 4.62. The number of carbonyl (C=O) groups excluding carboxylic acids is 1. The van der Waals surface area contributed by atoms with E-state index in [0.29, 0.717) is 17.8 Å². The Morgan fingerprint density at radius 1 is 1.00 bits per heavy atom. The van der Waals surface area contributed by atoms with Crippen LogP contribution in [-0.2, 0) is 16.6 Å². The van der Waals surface area contributed by atoms with Crippen LogP contribution in [0.4, 0.5) is 5.69 Å². The van der Waals surface area contributed by atoms with E-state index in [1.165, 1.54) is 0 Å². The molecule has 0 fully saturated rings. The molecule has 0 heterocycles. The molecule has 1 amide bonds. The van der Waals surface area contributed by atoms with E-state index in [4.69, 9.17) is 0 Å². The normalized spacial score (nSPS) is 10.9. The molecule has 0 atom stereocenters. The zero-order valence-electron chi connectivity index (χ0n) is 11.5. The van der Waals surface area contributed by atoms with E-state index in [-0.39, 0.29) is 5.91 Å². The van der Waals surface area contributed by atoms with Crippen LogP contribution in [0.25, 0.3) is 0 Å². The molecular formula is C15H16N2O3S. The average molecular weight is 304 g/mol. The van der Waals surface area contributed by atoms with Crippen molar-refractivity contribution in [2.75, 3.05) is 11.0 Å². The SMILES string of the molecule is CS(=O)(=O)Nc1ccc(CNC(=O)c2ccccc2)cc1. The zero-order valence-corrected chi connectivity index (χ0v) is 12.4. The van der Waals surface area contributed by atoms with E-state index in [0.717, 1.165) is 11.8 Å². The fourth-order valence-corrected chi connectivity index (χ4v) is 2.34. The molecule has 2 aromatic rings. The van der Waals surface area contributed by atoms with Gasteiger partial charge in [0, 0.05) is 17.8 Å². The first-order valence-electron chi connectivity index (χ1n) is 6.34. The Morgan fingerprint density at radius 3 is 2.19 bits per heavy atom. The molecule has 2 N–H and O–H groups in total. The highest BCUT2D eigenvalue weighted by molar-refractivity contribution is 7.92. The molecule has 0 bridgehead atoms. The smallest absolute Gasteiger partial charge is 0.251 e. The first-order valence-corrected chi connectivity index (χ1v) is 8.23. The number of nitrogens with one attached hydrogen (secondary N) is 2. The molecule has 6 heteroatoms. The molecule has 0 aliphatic carbocycles. The van der Waals surface area contributed by atoms with Gasteiger partial charge in [-0.3, -0.25) is 9.52 Å². The maximum absolute atomic E-state index is 11.9. The molecule has 0 unspecified atom stereocenters. The topological polar surface area (TPSA) is 75.3 Å². The van der Waals surface area contributed by atoms with E-state index in [1.54, 1.807) is 48.5 Å². The maximum atomic E-state index is 11.9. The van der Waals surface area contributed by atoms with Gasteiger partial charge in [0.05, 0.1) is 6.26 Å². The number of rotatable bonds is 5. The molecular weight excluding hydrogens is 288 g/mol. The molecule has 0 spiro atoms. The minimum absolute atomic E-state index is 0.145. The third-order valence-corrected chi connectivity index (χ3v) is 3.35. The third-order valence-electron chi connectivity index (χ3n) is 2.75. The van der Waals surface area contributed by atoms with Gasteiger partial charge in [0.15, 0.2) is 0 Å². The van der Waals surface area contributed by atoms with Crippen LogP contribution in [0.3, 0.4) is 0 Å². The minimum Gasteiger partial charge on any atom is -0.348 e. The fraction of sp³-hybridized carbons (Fsp3) is 0.133. The Balaban J connectivity index is 1.94. The van der Waals surface area contributed by atoms with Crippen LogP contribution in [0.5, 0.6) is 0 Å². The highest BCUT2D eigenvalue weighted by Gasteiger charge is 2.05. The molecule has 21 heavy (non-hydrogen) atoms. The highest BCUT2D eigenvalue weighted by atomic mass is 32.2. The lowest BCUT2D eigenvalue weighted by atomic mass is 10.2. The third kappa shape index (κ3) is 4.92. The van der Waals surface area contributed by atoms with E-state index in [9.17, 15) is 13.2 Å². The van der Waals surface area contributed by atoms with Gasteiger partial charge in [0.1, 0.15) is 0 Å². The van der Waals surface area contributed by atoms with Crippen LogP contribution in [0.15, 0.2) is 54.6 Å². The van der Waals surface area contributed by atoms with Gasteiger partial charge in [-0.2, -0.15) is 0 Å². The standard InChI is InChI=1S/C15H16N2O3S/c1-21(19,20)17-14-9-7-12(8-10-14)11-16-15(18)13-5-3-2-4-6-13/h2-10,17H,11H2,1H3,(H,16,18). The van der Waals surface area contributed by atoms with Crippen molar-refractivity contribution < 1.29 is 13.2 Å². The van der Waals surface area contributed by atoms with Crippen LogP contribution >= 0.6 is 0 Å². The summed E-state index contributed by atoms with van der Waals surface area (Å²) in [7, 11) is -3.27. The molecule has 0 saturated carbocycles. The molecule has 2 aromatic carbocycles. The number of anilines is 1. The number of hydrogen-bond donors (Lipinski definition) is 2. The second kappa shape index (κ2) is 6.41. The molecule has 0 aliphatic heterocycles. The van der Waals surface area contributed by atoms with Crippen molar-refractivity contribution in [1.82, 2.24) is 5.32 Å². The Labute approximate surface area is 124 Å². The Hall–Kier alpha value is -2.34. The minimum atomic E-state index is -3.27. The van der Waals surface area contributed by atoms with Crippen molar-refractivity contribution >= 4 is 21.6 Å². The molecule has 110 valence electrons. The van der Waals surface area contributed by atoms with Gasteiger partial charge in [-0.05, 0) is 29.8 Å². The molecule has 0 aliphatic rings. The molecule has 0 saturated heterocycles. The summed E-state index contributed by atoms with van der Waals surface area (Å²) >= 11 is 0. The van der Waals surface area contributed by atoms with Crippen molar-refractivity contribution in [2.24, 2.45) is 0 Å². The summed E-state index contributed by atoms with van der Waals surface area (Å²) < 4.78 is 24.6. The first-order chi connectivity index (χ1) is 9.94. The maximum Gasteiger partial charge on any atom is 0.251 e.